The van der Waals surface area contributed by atoms with Crippen LogP contribution < -0.4 is 4.72 Å². The number of nitrogens with one attached hydrogen (secondary N) is 1. The highest BCUT2D eigenvalue weighted by molar-refractivity contribution is 9.10. The molecule has 0 bridgehead atoms. The molecule has 0 atom stereocenters. The Morgan fingerprint density at radius 3 is 2.27 bits per heavy atom. The highest BCUT2D eigenvalue weighted by atomic mass is 79.9. The third-order valence-electron chi connectivity index (χ3n) is 3.20. The summed E-state index contributed by atoms with van der Waals surface area (Å²) < 4.78 is 27.8. The van der Waals surface area contributed by atoms with Crippen molar-refractivity contribution in [1.29, 1.82) is 0 Å². The van der Waals surface area contributed by atoms with Gasteiger partial charge in [0, 0.05) is 4.47 Å². The SMILES string of the molecule is Cc1cccc(C)c1NS(=O)(=O)c1ccc(Br)c(C(=O)O)c1. The Hall–Kier alpha value is -1.86. The van der Waals surface area contributed by atoms with Gasteiger partial charge in [-0.3, -0.25) is 4.72 Å². The molecule has 2 N–H and O–H groups in total. The van der Waals surface area contributed by atoms with E-state index in [2.05, 4.69) is 20.7 Å². The van der Waals surface area contributed by atoms with E-state index in [1.165, 1.54) is 12.1 Å². The molecule has 0 aromatic heterocycles. The van der Waals surface area contributed by atoms with E-state index < -0.39 is 16.0 Å². The molecule has 0 aliphatic carbocycles. The van der Waals surface area contributed by atoms with Crippen LogP contribution in [0.15, 0.2) is 45.8 Å². The van der Waals surface area contributed by atoms with Crippen LogP contribution in [0.1, 0.15) is 21.5 Å². The molecule has 0 radical (unpaired) electrons. The summed E-state index contributed by atoms with van der Waals surface area (Å²) in [6.45, 7) is 3.60. The number of hydrogen-bond donors (Lipinski definition) is 2. The number of hydrogen-bond acceptors (Lipinski definition) is 3. The fourth-order valence-electron chi connectivity index (χ4n) is 2.00. The van der Waals surface area contributed by atoms with Gasteiger partial charge in [-0.1, -0.05) is 18.2 Å². The highest BCUT2D eigenvalue weighted by Crippen LogP contribution is 2.26. The average molecular weight is 384 g/mol. The third kappa shape index (κ3) is 3.31. The summed E-state index contributed by atoms with van der Waals surface area (Å²) in [7, 11) is -3.87. The Labute approximate surface area is 137 Å². The third-order valence-corrected chi connectivity index (χ3v) is 5.23. The van der Waals surface area contributed by atoms with Gasteiger partial charge in [0.2, 0.25) is 0 Å². The van der Waals surface area contributed by atoms with Gasteiger partial charge in [-0.2, -0.15) is 0 Å². The molecule has 22 heavy (non-hydrogen) atoms. The molecule has 0 saturated carbocycles. The summed E-state index contributed by atoms with van der Waals surface area (Å²) in [5.74, 6) is -1.20. The predicted molar refractivity (Wildman–Crippen MR) is 87.8 cm³/mol. The number of aryl methyl sites for hydroxylation is 2. The van der Waals surface area contributed by atoms with Crippen molar-refractivity contribution in [2.75, 3.05) is 4.72 Å². The van der Waals surface area contributed by atoms with Crippen molar-refractivity contribution < 1.29 is 18.3 Å². The lowest BCUT2D eigenvalue weighted by Gasteiger charge is -2.13. The highest BCUT2D eigenvalue weighted by Gasteiger charge is 2.19. The molecule has 0 heterocycles. The molecule has 0 aliphatic rings. The van der Waals surface area contributed by atoms with Gasteiger partial charge in [-0.25, -0.2) is 13.2 Å². The number of halogens is 1. The van der Waals surface area contributed by atoms with E-state index in [1.54, 1.807) is 26.0 Å². The molecule has 0 fully saturated rings. The first-order chi connectivity index (χ1) is 10.2. The first kappa shape index (κ1) is 16.5. The van der Waals surface area contributed by atoms with E-state index >= 15 is 0 Å². The van der Waals surface area contributed by atoms with Crippen molar-refractivity contribution >= 4 is 37.6 Å². The molecule has 5 nitrogen and oxygen atoms in total. The maximum atomic E-state index is 12.5. The topological polar surface area (TPSA) is 83.5 Å². The lowest BCUT2D eigenvalue weighted by atomic mass is 10.1. The van der Waals surface area contributed by atoms with Crippen LogP contribution in [0.3, 0.4) is 0 Å². The van der Waals surface area contributed by atoms with Crippen LogP contribution in [0.25, 0.3) is 0 Å². The van der Waals surface area contributed by atoms with Crippen molar-refractivity contribution in [2.45, 2.75) is 18.7 Å². The second-order valence-corrected chi connectivity index (χ2v) is 7.36. The summed E-state index contributed by atoms with van der Waals surface area (Å²) in [6, 6.07) is 9.33. The minimum atomic E-state index is -3.87. The van der Waals surface area contributed by atoms with E-state index in [1.807, 2.05) is 6.07 Å². The van der Waals surface area contributed by atoms with Gasteiger partial charge in [0.1, 0.15) is 0 Å². The lowest BCUT2D eigenvalue weighted by Crippen LogP contribution is -2.15. The first-order valence-electron chi connectivity index (χ1n) is 6.34. The van der Waals surface area contributed by atoms with E-state index in [0.29, 0.717) is 10.2 Å². The summed E-state index contributed by atoms with van der Waals surface area (Å²) in [5, 5.41) is 9.09. The van der Waals surface area contributed by atoms with Crippen LogP contribution in [0.4, 0.5) is 5.69 Å². The molecule has 7 heteroatoms. The second-order valence-electron chi connectivity index (χ2n) is 4.82. The molecule has 0 amide bonds. The van der Waals surface area contributed by atoms with E-state index in [9.17, 15) is 13.2 Å². The van der Waals surface area contributed by atoms with Crippen molar-refractivity contribution in [1.82, 2.24) is 0 Å². The van der Waals surface area contributed by atoms with Gasteiger partial charge in [-0.05, 0) is 59.1 Å². The zero-order valence-corrected chi connectivity index (χ0v) is 14.3. The molecular weight excluding hydrogens is 370 g/mol. The number of aromatic carboxylic acids is 1. The van der Waals surface area contributed by atoms with Gasteiger partial charge in [0.15, 0.2) is 0 Å². The summed E-state index contributed by atoms with van der Waals surface area (Å²) in [4.78, 5) is 11.0. The van der Waals surface area contributed by atoms with Crippen LogP contribution in [0.5, 0.6) is 0 Å². The number of carboxylic acids is 1. The fraction of sp³-hybridized carbons (Fsp3) is 0.133. The Kier molecular flexibility index (Phi) is 4.58. The monoisotopic (exact) mass is 383 g/mol. The molecule has 116 valence electrons. The number of benzene rings is 2. The Morgan fingerprint density at radius 1 is 1.14 bits per heavy atom. The van der Waals surface area contributed by atoms with Crippen molar-refractivity contribution in [2.24, 2.45) is 0 Å². The standard InChI is InChI=1S/C15H14BrNO4S/c1-9-4-3-5-10(2)14(9)17-22(20,21)11-6-7-13(16)12(8-11)15(18)19/h3-8,17H,1-2H3,(H,18,19). The van der Waals surface area contributed by atoms with Crippen LogP contribution in [-0.4, -0.2) is 19.5 Å². The Morgan fingerprint density at radius 2 is 1.73 bits per heavy atom. The Bertz CT molecular complexity index is 826. The van der Waals surface area contributed by atoms with Crippen LogP contribution in [0.2, 0.25) is 0 Å². The van der Waals surface area contributed by atoms with Crippen LogP contribution >= 0.6 is 15.9 Å². The predicted octanol–water partition coefficient (Wildman–Crippen LogP) is 3.56. The number of anilines is 1. The van der Waals surface area contributed by atoms with Gasteiger partial charge in [0.05, 0.1) is 16.1 Å². The molecular formula is C15H14BrNO4S. The summed E-state index contributed by atoms with van der Waals surface area (Å²) in [5.41, 5.74) is 1.98. The maximum Gasteiger partial charge on any atom is 0.336 e. The molecule has 2 rings (SSSR count). The maximum absolute atomic E-state index is 12.5. The minimum Gasteiger partial charge on any atom is -0.478 e. The molecule has 0 aliphatic heterocycles. The largest absolute Gasteiger partial charge is 0.478 e. The molecule has 2 aromatic rings. The van der Waals surface area contributed by atoms with Gasteiger partial charge in [0.25, 0.3) is 10.0 Å². The fourth-order valence-corrected chi connectivity index (χ4v) is 3.65. The zero-order valence-electron chi connectivity index (χ0n) is 11.9. The molecule has 0 saturated heterocycles. The van der Waals surface area contributed by atoms with Crippen LogP contribution in [-0.2, 0) is 10.0 Å². The molecule has 0 spiro atoms. The van der Waals surface area contributed by atoms with Crippen molar-refractivity contribution in [3.8, 4) is 0 Å². The normalized spacial score (nSPS) is 11.2. The van der Waals surface area contributed by atoms with E-state index in [0.717, 1.165) is 17.2 Å². The minimum absolute atomic E-state index is 0.101. The van der Waals surface area contributed by atoms with Crippen molar-refractivity contribution in [3.05, 3.63) is 57.6 Å². The van der Waals surface area contributed by atoms with Crippen molar-refractivity contribution in [3.63, 3.8) is 0 Å². The Balaban J connectivity index is 2.48. The van der Waals surface area contributed by atoms with Crippen LogP contribution in [0, 0.1) is 13.8 Å². The number of carbonyl (C=O) groups is 1. The first-order valence-corrected chi connectivity index (χ1v) is 8.62. The zero-order chi connectivity index (χ0) is 16.5. The molecule has 2 aromatic carbocycles. The van der Waals surface area contributed by atoms with Gasteiger partial charge < -0.3 is 5.11 Å². The van der Waals surface area contributed by atoms with E-state index in [4.69, 9.17) is 5.11 Å². The lowest BCUT2D eigenvalue weighted by molar-refractivity contribution is 0.0695. The quantitative estimate of drug-likeness (QED) is 0.844. The number of para-hydroxylation sites is 1. The average Bonchev–Trinajstić information content (AvgIpc) is 2.43. The second kappa shape index (κ2) is 6.10. The number of carboxylic acid groups (broad SMARTS) is 1. The number of sulfonamides is 1. The van der Waals surface area contributed by atoms with Gasteiger partial charge >= 0.3 is 5.97 Å². The smallest absolute Gasteiger partial charge is 0.336 e. The summed E-state index contributed by atoms with van der Waals surface area (Å²) in [6.07, 6.45) is 0. The van der Waals surface area contributed by atoms with E-state index in [-0.39, 0.29) is 10.5 Å². The molecule has 0 unspecified atom stereocenters. The van der Waals surface area contributed by atoms with Gasteiger partial charge in [-0.15, -0.1) is 0 Å². The summed E-state index contributed by atoms with van der Waals surface area (Å²) >= 11 is 3.09. The number of rotatable bonds is 4.